The van der Waals surface area contributed by atoms with Crippen LogP contribution in [-0.4, -0.2) is 22.9 Å². The number of methoxy groups -OCH3 is 1. The molecule has 0 aliphatic rings. The van der Waals surface area contributed by atoms with Gasteiger partial charge >= 0.3 is 5.97 Å². The van der Waals surface area contributed by atoms with E-state index in [9.17, 15) is 4.79 Å². The minimum Gasteiger partial charge on any atom is -0.465 e. The van der Waals surface area contributed by atoms with Crippen LogP contribution in [-0.2, 0) is 4.74 Å². The molecule has 0 aliphatic heterocycles. The van der Waals surface area contributed by atoms with E-state index in [0.29, 0.717) is 11.6 Å². The average molecular weight is 274 g/mol. The predicted octanol–water partition coefficient (Wildman–Crippen LogP) is 3.96. The van der Waals surface area contributed by atoms with Gasteiger partial charge in [-0.3, -0.25) is 4.68 Å². The molecule has 1 aromatic carbocycles. The van der Waals surface area contributed by atoms with Crippen LogP contribution < -0.4 is 0 Å². The molecule has 4 heteroatoms. The van der Waals surface area contributed by atoms with Gasteiger partial charge in [0.25, 0.3) is 0 Å². The Morgan fingerprint density at radius 2 is 2.00 bits per heavy atom. The van der Waals surface area contributed by atoms with E-state index < -0.39 is 0 Å². The van der Waals surface area contributed by atoms with Gasteiger partial charge in [0, 0.05) is 11.6 Å². The molecule has 0 spiro atoms. The van der Waals surface area contributed by atoms with Crippen molar-refractivity contribution in [2.75, 3.05) is 7.11 Å². The summed E-state index contributed by atoms with van der Waals surface area (Å²) in [7, 11) is 1.40. The molecule has 0 saturated heterocycles. The van der Waals surface area contributed by atoms with Gasteiger partial charge in [-0.15, -0.1) is 0 Å². The van der Waals surface area contributed by atoms with Crippen molar-refractivity contribution in [3.05, 3.63) is 30.0 Å². The monoisotopic (exact) mass is 274 g/mol. The van der Waals surface area contributed by atoms with Crippen LogP contribution in [0.3, 0.4) is 0 Å². The van der Waals surface area contributed by atoms with Crippen LogP contribution >= 0.6 is 0 Å². The van der Waals surface area contributed by atoms with Gasteiger partial charge in [0.1, 0.15) is 0 Å². The lowest BCUT2D eigenvalue weighted by molar-refractivity contribution is 0.0601. The third-order valence-corrected chi connectivity index (χ3v) is 3.56. The second kappa shape index (κ2) is 6.55. The number of carbonyl (C=O) groups excluding carboxylic acids is 1. The van der Waals surface area contributed by atoms with Gasteiger partial charge in [-0.2, -0.15) is 5.10 Å². The van der Waals surface area contributed by atoms with Crippen molar-refractivity contribution >= 4 is 16.9 Å². The largest absolute Gasteiger partial charge is 0.465 e. The zero-order valence-electron chi connectivity index (χ0n) is 12.4. The summed E-state index contributed by atoms with van der Waals surface area (Å²) in [6.07, 6.45) is 6.59. The summed E-state index contributed by atoms with van der Waals surface area (Å²) in [5.74, 6) is -0.307. The van der Waals surface area contributed by atoms with Gasteiger partial charge in [-0.1, -0.05) is 26.7 Å². The Hall–Kier alpha value is -1.84. The molecule has 2 aromatic rings. The Morgan fingerprint density at radius 1 is 1.30 bits per heavy atom. The highest BCUT2D eigenvalue weighted by Gasteiger charge is 2.13. The van der Waals surface area contributed by atoms with Crippen LogP contribution in [0.4, 0.5) is 0 Å². The predicted molar refractivity (Wildman–Crippen MR) is 79.9 cm³/mol. The number of ether oxygens (including phenoxy) is 1. The smallest absolute Gasteiger partial charge is 0.337 e. The standard InChI is InChI=1S/C16H22N2O2/c1-4-6-14(7-5-2)18-11-13-10-12(16(19)20-3)8-9-15(13)17-18/h8-11,14H,4-7H2,1-3H3. The van der Waals surface area contributed by atoms with Gasteiger partial charge in [0.15, 0.2) is 0 Å². The number of aromatic nitrogens is 2. The molecular weight excluding hydrogens is 252 g/mol. The number of hydrogen-bond acceptors (Lipinski definition) is 3. The van der Waals surface area contributed by atoms with Gasteiger partial charge in [-0.25, -0.2) is 4.79 Å². The molecule has 0 atom stereocenters. The van der Waals surface area contributed by atoms with E-state index in [1.165, 1.54) is 7.11 Å². The third kappa shape index (κ3) is 3.00. The van der Waals surface area contributed by atoms with Crippen molar-refractivity contribution in [3.63, 3.8) is 0 Å². The third-order valence-electron chi connectivity index (χ3n) is 3.56. The zero-order valence-corrected chi connectivity index (χ0v) is 12.4. The van der Waals surface area contributed by atoms with E-state index in [0.717, 1.165) is 36.6 Å². The van der Waals surface area contributed by atoms with E-state index >= 15 is 0 Å². The van der Waals surface area contributed by atoms with E-state index in [2.05, 4.69) is 23.6 Å². The van der Waals surface area contributed by atoms with E-state index in [4.69, 9.17) is 4.74 Å². The Balaban J connectivity index is 2.34. The van der Waals surface area contributed by atoms with Crippen molar-refractivity contribution in [2.45, 2.75) is 45.6 Å². The Morgan fingerprint density at radius 3 is 2.60 bits per heavy atom. The minimum absolute atomic E-state index is 0.307. The topological polar surface area (TPSA) is 44.1 Å². The number of fused-ring (bicyclic) bond motifs is 1. The Labute approximate surface area is 119 Å². The van der Waals surface area contributed by atoms with Crippen molar-refractivity contribution in [2.24, 2.45) is 0 Å². The van der Waals surface area contributed by atoms with Crippen LogP contribution in [0.25, 0.3) is 10.9 Å². The molecule has 0 bridgehead atoms. The molecule has 20 heavy (non-hydrogen) atoms. The van der Waals surface area contributed by atoms with Gasteiger partial charge in [0.2, 0.25) is 0 Å². The fourth-order valence-corrected chi connectivity index (χ4v) is 2.55. The number of hydrogen-bond donors (Lipinski definition) is 0. The lowest BCUT2D eigenvalue weighted by Crippen LogP contribution is -2.09. The SMILES string of the molecule is CCCC(CCC)n1cc2cc(C(=O)OC)ccc2n1. The van der Waals surface area contributed by atoms with E-state index in [1.54, 1.807) is 6.07 Å². The van der Waals surface area contributed by atoms with Crippen molar-refractivity contribution in [3.8, 4) is 0 Å². The maximum absolute atomic E-state index is 11.6. The maximum Gasteiger partial charge on any atom is 0.337 e. The molecule has 0 unspecified atom stereocenters. The molecule has 1 heterocycles. The van der Waals surface area contributed by atoms with E-state index in [-0.39, 0.29) is 5.97 Å². The van der Waals surface area contributed by atoms with Gasteiger partial charge < -0.3 is 4.74 Å². The highest BCUT2D eigenvalue weighted by molar-refractivity contribution is 5.94. The van der Waals surface area contributed by atoms with Crippen LogP contribution in [0, 0.1) is 0 Å². The van der Waals surface area contributed by atoms with Crippen molar-refractivity contribution in [1.29, 1.82) is 0 Å². The molecule has 0 N–H and O–H groups in total. The molecule has 0 fully saturated rings. The lowest BCUT2D eigenvalue weighted by Gasteiger charge is -2.15. The van der Waals surface area contributed by atoms with Gasteiger partial charge in [0.05, 0.1) is 24.2 Å². The summed E-state index contributed by atoms with van der Waals surface area (Å²) in [5.41, 5.74) is 1.50. The first-order valence-electron chi connectivity index (χ1n) is 7.26. The second-order valence-corrected chi connectivity index (χ2v) is 5.11. The van der Waals surface area contributed by atoms with Crippen LogP contribution in [0.2, 0.25) is 0 Å². The van der Waals surface area contributed by atoms with Crippen molar-refractivity contribution in [1.82, 2.24) is 9.78 Å². The van der Waals surface area contributed by atoms with E-state index in [1.807, 2.05) is 18.3 Å². The van der Waals surface area contributed by atoms with Gasteiger partial charge in [-0.05, 0) is 31.0 Å². The molecule has 0 amide bonds. The molecule has 0 radical (unpaired) electrons. The molecule has 108 valence electrons. The first-order valence-corrected chi connectivity index (χ1v) is 7.26. The average Bonchev–Trinajstić information content (AvgIpc) is 2.89. The molecule has 4 nitrogen and oxygen atoms in total. The molecule has 0 aliphatic carbocycles. The van der Waals surface area contributed by atoms with Crippen LogP contribution in [0.5, 0.6) is 0 Å². The highest BCUT2D eigenvalue weighted by Crippen LogP contribution is 2.23. The number of benzene rings is 1. The minimum atomic E-state index is -0.307. The number of carbonyl (C=O) groups is 1. The fraction of sp³-hybridized carbons (Fsp3) is 0.500. The number of esters is 1. The Kier molecular flexibility index (Phi) is 4.77. The number of nitrogens with zero attached hydrogens (tertiary/aromatic N) is 2. The van der Waals surface area contributed by atoms with Crippen LogP contribution in [0.1, 0.15) is 55.9 Å². The first kappa shape index (κ1) is 14.6. The Bertz CT molecular complexity index is 583. The normalized spacial score (nSPS) is 11.2. The summed E-state index contributed by atoms with van der Waals surface area (Å²) in [4.78, 5) is 11.6. The molecule has 0 saturated carbocycles. The summed E-state index contributed by atoms with van der Waals surface area (Å²) in [6, 6.07) is 5.94. The fourth-order valence-electron chi connectivity index (χ4n) is 2.55. The first-order chi connectivity index (χ1) is 9.69. The zero-order chi connectivity index (χ0) is 14.5. The van der Waals surface area contributed by atoms with Crippen LogP contribution in [0.15, 0.2) is 24.4 Å². The summed E-state index contributed by atoms with van der Waals surface area (Å²) < 4.78 is 6.80. The summed E-state index contributed by atoms with van der Waals surface area (Å²) in [6.45, 7) is 4.39. The number of rotatable bonds is 6. The maximum atomic E-state index is 11.6. The highest BCUT2D eigenvalue weighted by atomic mass is 16.5. The molecular formula is C16H22N2O2. The summed E-state index contributed by atoms with van der Waals surface area (Å²) in [5, 5.41) is 5.63. The quantitative estimate of drug-likeness (QED) is 0.749. The van der Waals surface area contributed by atoms with Crippen molar-refractivity contribution < 1.29 is 9.53 Å². The molecule has 1 aromatic heterocycles. The summed E-state index contributed by atoms with van der Waals surface area (Å²) >= 11 is 0. The molecule has 2 rings (SSSR count). The lowest BCUT2D eigenvalue weighted by atomic mass is 10.1. The second-order valence-electron chi connectivity index (χ2n) is 5.11.